The molecule has 1 fully saturated rings. The van der Waals surface area contributed by atoms with Gasteiger partial charge in [-0.2, -0.15) is 0 Å². The van der Waals surface area contributed by atoms with Gasteiger partial charge in [-0.1, -0.05) is 17.7 Å². The van der Waals surface area contributed by atoms with Crippen molar-refractivity contribution in [3.8, 4) is 5.75 Å². The predicted octanol–water partition coefficient (Wildman–Crippen LogP) is 2.82. The largest absolute Gasteiger partial charge is 0.497 e. The average molecular weight is 226 g/mol. The molecule has 0 bridgehead atoms. The zero-order chi connectivity index (χ0) is 10.7. The highest BCUT2D eigenvalue weighted by atomic mass is 35.5. The molecule has 0 atom stereocenters. The van der Waals surface area contributed by atoms with E-state index < -0.39 is 0 Å². The summed E-state index contributed by atoms with van der Waals surface area (Å²) in [6, 6.07) is 5.99. The molecule has 2 rings (SSSR count). The van der Waals surface area contributed by atoms with E-state index in [9.17, 15) is 0 Å². The topological polar surface area (TPSA) is 21.3 Å². The molecule has 1 N–H and O–H groups in total. The molecule has 0 spiro atoms. The van der Waals surface area contributed by atoms with Crippen LogP contribution in [-0.2, 0) is 0 Å². The van der Waals surface area contributed by atoms with Crippen LogP contribution in [0.5, 0.6) is 5.75 Å². The summed E-state index contributed by atoms with van der Waals surface area (Å²) in [4.78, 5) is 0. The molecule has 0 aromatic heterocycles. The first-order chi connectivity index (χ1) is 7.31. The van der Waals surface area contributed by atoms with E-state index in [0.29, 0.717) is 5.92 Å². The lowest BCUT2D eigenvalue weighted by Gasteiger charge is -2.24. The Balaban J connectivity index is 2.19. The van der Waals surface area contributed by atoms with Crippen molar-refractivity contribution in [1.29, 1.82) is 0 Å². The summed E-state index contributed by atoms with van der Waals surface area (Å²) in [5.41, 5.74) is 1.26. The van der Waals surface area contributed by atoms with E-state index in [1.54, 1.807) is 7.11 Å². The Labute approximate surface area is 95.6 Å². The minimum atomic E-state index is 0.602. The molecule has 1 aromatic rings. The summed E-state index contributed by atoms with van der Waals surface area (Å²) in [7, 11) is 1.66. The molecule has 0 saturated carbocycles. The van der Waals surface area contributed by atoms with Crippen LogP contribution in [0.25, 0.3) is 0 Å². The molecular weight excluding hydrogens is 210 g/mol. The standard InChI is InChI=1S/C12H16ClNO/c1-15-10-2-3-11(12(13)8-10)9-4-6-14-7-5-9/h2-3,8-9,14H,4-7H2,1H3. The highest BCUT2D eigenvalue weighted by Crippen LogP contribution is 2.33. The van der Waals surface area contributed by atoms with E-state index in [4.69, 9.17) is 16.3 Å². The Morgan fingerprint density at radius 3 is 2.67 bits per heavy atom. The summed E-state index contributed by atoms with van der Waals surface area (Å²) in [5.74, 6) is 1.43. The van der Waals surface area contributed by atoms with Gasteiger partial charge in [-0.25, -0.2) is 0 Å². The van der Waals surface area contributed by atoms with Crippen molar-refractivity contribution in [2.45, 2.75) is 18.8 Å². The normalized spacial score (nSPS) is 17.7. The molecule has 1 aliphatic heterocycles. The van der Waals surface area contributed by atoms with Gasteiger partial charge >= 0.3 is 0 Å². The molecule has 1 aliphatic rings. The first kappa shape index (κ1) is 10.8. The van der Waals surface area contributed by atoms with Crippen LogP contribution in [0.3, 0.4) is 0 Å². The van der Waals surface area contributed by atoms with E-state index in [1.165, 1.54) is 18.4 Å². The van der Waals surface area contributed by atoms with E-state index in [0.717, 1.165) is 23.9 Å². The van der Waals surface area contributed by atoms with Gasteiger partial charge in [-0.05, 0) is 49.5 Å². The second kappa shape index (κ2) is 4.86. The minimum Gasteiger partial charge on any atom is -0.497 e. The second-order valence-corrected chi connectivity index (χ2v) is 4.32. The van der Waals surface area contributed by atoms with E-state index >= 15 is 0 Å². The molecule has 0 unspecified atom stereocenters. The molecule has 15 heavy (non-hydrogen) atoms. The van der Waals surface area contributed by atoms with Gasteiger partial charge in [-0.15, -0.1) is 0 Å². The number of nitrogens with one attached hydrogen (secondary N) is 1. The van der Waals surface area contributed by atoms with E-state index in [1.807, 2.05) is 12.1 Å². The molecular formula is C12H16ClNO. The smallest absolute Gasteiger partial charge is 0.120 e. The molecule has 1 aromatic carbocycles. The summed E-state index contributed by atoms with van der Waals surface area (Å²) >= 11 is 6.24. The Morgan fingerprint density at radius 2 is 2.07 bits per heavy atom. The Bertz CT molecular complexity index is 334. The fraction of sp³-hybridized carbons (Fsp3) is 0.500. The molecule has 1 saturated heterocycles. The SMILES string of the molecule is COc1ccc(C2CCNCC2)c(Cl)c1. The number of halogens is 1. The highest BCUT2D eigenvalue weighted by molar-refractivity contribution is 6.31. The number of ether oxygens (including phenoxy) is 1. The number of piperidine rings is 1. The fourth-order valence-corrected chi connectivity index (χ4v) is 2.42. The van der Waals surface area contributed by atoms with Gasteiger partial charge in [0.2, 0.25) is 0 Å². The van der Waals surface area contributed by atoms with Crippen LogP contribution < -0.4 is 10.1 Å². The number of hydrogen-bond acceptors (Lipinski definition) is 2. The third-order valence-electron chi connectivity index (χ3n) is 2.99. The first-order valence-corrected chi connectivity index (χ1v) is 5.73. The van der Waals surface area contributed by atoms with Crippen molar-refractivity contribution < 1.29 is 4.74 Å². The van der Waals surface area contributed by atoms with Crippen LogP contribution in [-0.4, -0.2) is 20.2 Å². The monoisotopic (exact) mass is 225 g/mol. The Hall–Kier alpha value is -0.730. The number of benzene rings is 1. The molecule has 3 heteroatoms. The lowest BCUT2D eigenvalue weighted by Crippen LogP contribution is -2.26. The van der Waals surface area contributed by atoms with Crippen LogP contribution in [0.2, 0.25) is 5.02 Å². The maximum absolute atomic E-state index is 6.24. The van der Waals surface area contributed by atoms with Crippen LogP contribution >= 0.6 is 11.6 Å². The van der Waals surface area contributed by atoms with Gasteiger partial charge in [0.25, 0.3) is 0 Å². The lowest BCUT2D eigenvalue weighted by atomic mass is 9.90. The molecule has 1 heterocycles. The fourth-order valence-electron chi connectivity index (χ4n) is 2.10. The third kappa shape index (κ3) is 2.44. The van der Waals surface area contributed by atoms with Crippen molar-refractivity contribution in [3.63, 3.8) is 0 Å². The van der Waals surface area contributed by atoms with Gasteiger partial charge in [0.05, 0.1) is 7.11 Å². The number of hydrogen-bond donors (Lipinski definition) is 1. The average Bonchev–Trinajstić information content (AvgIpc) is 2.30. The van der Waals surface area contributed by atoms with Gasteiger partial charge in [-0.3, -0.25) is 0 Å². The summed E-state index contributed by atoms with van der Waals surface area (Å²) in [5, 5.41) is 4.19. The van der Waals surface area contributed by atoms with Crippen molar-refractivity contribution in [1.82, 2.24) is 5.32 Å². The van der Waals surface area contributed by atoms with Crippen LogP contribution in [0.15, 0.2) is 18.2 Å². The lowest BCUT2D eigenvalue weighted by molar-refractivity contribution is 0.413. The third-order valence-corrected chi connectivity index (χ3v) is 3.31. The minimum absolute atomic E-state index is 0.602. The Morgan fingerprint density at radius 1 is 1.33 bits per heavy atom. The van der Waals surface area contributed by atoms with Gasteiger partial charge < -0.3 is 10.1 Å². The quantitative estimate of drug-likeness (QED) is 0.836. The number of methoxy groups -OCH3 is 1. The van der Waals surface area contributed by atoms with Crippen molar-refractivity contribution in [3.05, 3.63) is 28.8 Å². The van der Waals surface area contributed by atoms with Crippen LogP contribution in [0.4, 0.5) is 0 Å². The Kier molecular flexibility index (Phi) is 3.49. The van der Waals surface area contributed by atoms with Gasteiger partial charge in [0, 0.05) is 5.02 Å². The second-order valence-electron chi connectivity index (χ2n) is 3.91. The van der Waals surface area contributed by atoms with E-state index in [2.05, 4.69) is 11.4 Å². The highest BCUT2D eigenvalue weighted by Gasteiger charge is 2.17. The maximum Gasteiger partial charge on any atom is 0.120 e. The molecule has 0 radical (unpaired) electrons. The van der Waals surface area contributed by atoms with Crippen molar-refractivity contribution >= 4 is 11.6 Å². The molecule has 2 nitrogen and oxygen atoms in total. The predicted molar refractivity (Wildman–Crippen MR) is 62.8 cm³/mol. The zero-order valence-corrected chi connectivity index (χ0v) is 9.68. The van der Waals surface area contributed by atoms with Crippen LogP contribution in [0, 0.1) is 0 Å². The summed E-state index contributed by atoms with van der Waals surface area (Å²) in [6.07, 6.45) is 2.35. The van der Waals surface area contributed by atoms with Crippen molar-refractivity contribution in [2.24, 2.45) is 0 Å². The summed E-state index contributed by atoms with van der Waals surface area (Å²) in [6.45, 7) is 2.18. The van der Waals surface area contributed by atoms with Crippen molar-refractivity contribution in [2.75, 3.05) is 20.2 Å². The molecule has 0 amide bonds. The molecule has 0 aliphatic carbocycles. The maximum atomic E-state index is 6.24. The van der Waals surface area contributed by atoms with E-state index in [-0.39, 0.29) is 0 Å². The van der Waals surface area contributed by atoms with Crippen LogP contribution in [0.1, 0.15) is 24.3 Å². The molecule has 82 valence electrons. The van der Waals surface area contributed by atoms with Gasteiger partial charge in [0.1, 0.15) is 5.75 Å². The first-order valence-electron chi connectivity index (χ1n) is 5.35. The summed E-state index contributed by atoms with van der Waals surface area (Å²) < 4.78 is 5.14. The van der Waals surface area contributed by atoms with Gasteiger partial charge in [0.15, 0.2) is 0 Å². The zero-order valence-electron chi connectivity index (χ0n) is 8.92. The number of rotatable bonds is 2.